The lowest BCUT2D eigenvalue weighted by atomic mass is 10.5. The van der Waals surface area contributed by atoms with E-state index < -0.39 is 7.67 Å². The van der Waals surface area contributed by atoms with Gasteiger partial charge in [-0.15, -0.1) is 0 Å². The van der Waals surface area contributed by atoms with E-state index >= 15 is 0 Å². The van der Waals surface area contributed by atoms with Crippen molar-refractivity contribution in [1.82, 2.24) is 10.2 Å². The third kappa shape index (κ3) is 3.81. The van der Waals surface area contributed by atoms with Crippen molar-refractivity contribution in [2.75, 3.05) is 26.3 Å². The van der Waals surface area contributed by atoms with Crippen molar-refractivity contribution in [3.8, 4) is 0 Å². The maximum Gasteiger partial charge on any atom is 0.348 e. The van der Waals surface area contributed by atoms with Crippen molar-refractivity contribution in [2.24, 2.45) is 5.50 Å². The van der Waals surface area contributed by atoms with Crippen molar-refractivity contribution < 1.29 is 14.2 Å². The van der Waals surface area contributed by atoms with Gasteiger partial charge in [0.2, 0.25) is 0 Å². The lowest BCUT2D eigenvalue weighted by Gasteiger charge is -2.27. The lowest BCUT2D eigenvalue weighted by Crippen LogP contribution is -2.45. The smallest absolute Gasteiger partial charge is 0.348 e. The molecular formula is C4H12N3O3P. The zero-order chi connectivity index (χ0) is 8.32. The van der Waals surface area contributed by atoms with Crippen molar-refractivity contribution in [3.63, 3.8) is 0 Å². The van der Waals surface area contributed by atoms with Crippen LogP contribution in [0.15, 0.2) is 0 Å². The van der Waals surface area contributed by atoms with E-state index in [1.54, 1.807) is 5.01 Å². The second-order valence-electron chi connectivity index (χ2n) is 2.32. The maximum absolute atomic E-state index is 10.6. The van der Waals surface area contributed by atoms with E-state index in [1.165, 1.54) is 0 Å². The molecule has 4 N–H and O–H groups in total. The van der Waals surface area contributed by atoms with Crippen LogP contribution in [0.3, 0.4) is 0 Å². The second-order valence-corrected chi connectivity index (χ2v) is 3.77. The van der Waals surface area contributed by atoms with Crippen LogP contribution in [-0.4, -0.2) is 36.2 Å². The Morgan fingerprint density at radius 2 is 2.09 bits per heavy atom. The van der Waals surface area contributed by atoms with Crippen molar-refractivity contribution in [2.45, 2.75) is 0 Å². The third-order valence-corrected chi connectivity index (χ3v) is 1.87. The van der Waals surface area contributed by atoms with E-state index in [1.807, 2.05) is 0 Å². The fourth-order valence-electron chi connectivity index (χ4n) is 0.866. The first-order valence-electron chi connectivity index (χ1n) is 3.30. The molecule has 1 unspecified atom stereocenters. The van der Waals surface area contributed by atoms with Crippen LogP contribution in [0.4, 0.5) is 0 Å². The van der Waals surface area contributed by atoms with Gasteiger partial charge in [-0.2, -0.15) is 5.20 Å². The van der Waals surface area contributed by atoms with Crippen LogP contribution < -0.4 is 10.7 Å². The van der Waals surface area contributed by atoms with Gasteiger partial charge in [-0.25, -0.2) is 10.5 Å². The lowest BCUT2D eigenvalue weighted by molar-refractivity contribution is 0.0251. The maximum atomic E-state index is 10.6. The van der Waals surface area contributed by atoms with Gasteiger partial charge in [0.25, 0.3) is 0 Å². The zero-order valence-corrected chi connectivity index (χ0v) is 6.96. The molecule has 0 aromatic heterocycles. The average molecular weight is 181 g/mol. The molecule has 11 heavy (non-hydrogen) atoms. The van der Waals surface area contributed by atoms with Crippen LogP contribution in [0.1, 0.15) is 0 Å². The predicted molar refractivity (Wildman–Crippen MR) is 39.5 cm³/mol. The summed E-state index contributed by atoms with van der Waals surface area (Å²) in [5.41, 5.74) is 4.88. The van der Waals surface area contributed by atoms with Gasteiger partial charge >= 0.3 is 7.67 Å². The van der Waals surface area contributed by atoms with Gasteiger partial charge in [-0.1, -0.05) is 0 Å². The number of hydrogen-bond acceptors (Lipinski definition) is 3. The number of hydrazine groups is 1. The van der Waals surface area contributed by atoms with Gasteiger partial charge < -0.3 is 9.63 Å². The van der Waals surface area contributed by atoms with E-state index in [-0.39, 0.29) is 0 Å². The van der Waals surface area contributed by atoms with Gasteiger partial charge in [0, 0.05) is 13.1 Å². The molecule has 7 heteroatoms. The van der Waals surface area contributed by atoms with E-state index in [0.29, 0.717) is 26.3 Å². The summed E-state index contributed by atoms with van der Waals surface area (Å²) in [6.45, 7) is 2.30. The number of hydrogen-bond donors (Lipinski definition) is 3. The Balaban J connectivity index is 2.30. The second kappa shape index (κ2) is 3.62. The number of nitrogens with two attached hydrogens (primary N) is 1. The summed E-state index contributed by atoms with van der Waals surface area (Å²) in [5, 5.41) is 3.89. The summed E-state index contributed by atoms with van der Waals surface area (Å²) in [6, 6.07) is 0. The molecular weight excluding hydrogens is 169 g/mol. The summed E-state index contributed by atoms with van der Waals surface area (Å²) >= 11 is 0. The molecule has 0 amide bonds. The van der Waals surface area contributed by atoms with E-state index in [4.69, 9.17) is 15.1 Å². The SMILES string of the molecule is NP(=O)(O)NN1CCOCC1. The minimum Gasteiger partial charge on any atom is -0.379 e. The van der Waals surface area contributed by atoms with Crippen LogP contribution in [0.25, 0.3) is 0 Å². The molecule has 1 atom stereocenters. The number of nitrogens with one attached hydrogen (secondary N) is 1. The van der Waals surface area contributed by atoms with E-state index in [2.05, 4.69) is 5.20 Å². The molecule has 1 fully saturated rings. The quantitative estimate of drug-likeness (QED) is 0.468. The topological polar surface area (TPSA) is 87.8 Å². The first-order valence-corrected chi connectivity index (χ1v) is 5.03. The fourth-order valence-corrected chi connectivity index (χ4v) is 1.47. The predicted octanol–water partition coefficient (Wildman–Crippen LogP) is -1.12. The van der Waals surface area contributed by atoms with Crippen LogP contribution >= 0.6 is 7.67 Å². The molecule has 0 aliphatic carbocycles. The van der Waals surface area contributed by atoms with Crippen LogP contribution in [-0.2, 0) is 9.30 Å². The van der Waals surface area contributed by atoms with Crippen LogP contribution in [0.2, 0.25) is 0 Å². The Morgan fingerprint density at radius 1 is 1.55 bits per heavy atom. The molecule has 6 nitrogen and oxygen atoms in total. The number of morpholine rings is 1. The normalized spacial score (nSPS) is 26.4. The molecule has 1 saturated heterocycles. The monoisotopic (exact) mass is 181 g/mol. The Labute approximate surface area is 64.8 Å². The zero-order valence-electron chi connectivity index (χ0n) is 6.06. The molecule has 0 radical (unpaired) electrons. The summed E-state index contributed by atoms with van der Waals surface area (Å²) in [6.07, 6.45) is 0. The Morgan fingerprint density at radius 3 is 2.55 bits per heavy atom. The Bertz CT molecular complexity index is 164. The van der Waals surface area contributed by atoms with Crippen molar-refractivity contribution in [1.29, 1.82) is 0 Å². The highest BCUT2D eigenvalue weighted by Gasteiger charge is 2.17. The number of rotatable bonds is 2. The largest absolute Gasteiger partial charge is 0.379 e. The number of ether oxygens (including phenoxy) is 1. The van der Waals surface area contributed by atoms with Crippen molar-refractivity contribution in [3.05, 3.63) is 0 Å². The van der Waals surface area contributed by atoms with E-state index in [0.717, 1.165) is 0 Å². The van der Waals surface area contributed by atoms with Gasteiger partial charge in [0.1, 0.15) is 0 Å². The molecule has 1 aliphatic rings. The molecule has 1 heterocycles. The van der Waals surface area contributed by atoms with Gasteiger partial charge in [-0.3, -0.25) is 4.57 Å². The van der Waals surface area contributed by atoms with Crippen LogP contribution in [0, 0.1) is 0 Å². The molecule has 0 saturated carbocycles. The van der Waals surface area contributed by atoms with Crippen molar-refractivity contribution >= 4 is 7.67 Å². The molecule has 0 aromatic rings. The molecule has 0 bridgehead atoms. The summed E-state index contributed by atoms with van der Waals surface area (Å²) in [5.74, 6) is 0. The average Bonchev–Trinajstić information content (AvgIpc) is 1.85. The molecule has 0 aromatic carbocycles. The minimum atomic E-state index is -3.61. The minimum absolute atomic E-state index is 0.562. The standard InChI is InChI=1S/C4H12N3O3P/c5-11(8,9)6-7-1-3-10-4-2-7/h1-4H2,(H4,5,6,8,9). The first-order chi connectivity index (χ1) is 5.08. The van der Waals surface area contributed by atoms with E-state index in [9.17, 15) is 4.57 Å². The molecule has 1 rings (SSSR count). The first kappa shape index (κ1) is 9.12. The van der Waals surface area contributed by atoms with Gasteiger partial charge in [0.05, 0.1) is 13.2 Å². The molecule has 1 aliphatic heterocycles. The highest BCUT2D eigenvalue weighted by atomic mass is 31.2. The summed E-state index contributed by atoms with van der Waals surface area (Å²) in [7, 11) is -3.61. The number of nitrogens with zero attached hydrogens (tertiary/aromatic N) is 1. The Kier molecular flexibility index (Phi) is 3.00. The summed E-state index contributed by atoms with van der Waals surface area (Å²) < 4.78 is 15.6. The van der Waals surface area contributed by atoms with Gasteiger partial charge in [-0.05, 0) is 0 Å². The molecule has 0 spiro atoms. The van der Waals surface area contributed by atoms with Gasteiger partial charge in [0.15, 0.2) is 0 Å². The fraction of sp³-hybridized carbons (Fsp3) is 1.00. The highest BCUT2D eigenvalue weighted by Crippen LogP contribution is 2.23. The Hall–Kier alpha value is 0.0300. The summed E-state index contributed by atoms with van der Waals surface area (Å²) in [4.78, 5) is 8.71. The molecule has 66 valence electrons. The highest BCUT2D eigenvalue weighted by molar-refractivity contribution is 7.53. The van der Waals surface area contributed by atoms with Crippen LogP contribution in [0.5, 0.6) is 0 Å². The third-order valence-electron chi connectivity index (χ3n) is 1.30.